The van der Waals surface area contributed by atoms with Gasteiger partial charge in [-0.25, -0.2) is 9.97 Å². The molecule has 24 heavy (non-hydrogen) atoms. The molecule has 2 saturated carbocycles. The molecule has 0 bridgehead atoms. The number of hydrogen-bond donors (Lipinski definition) is 1. The lowest BCUT2D eigenvalue weighted by molar-refractivity contribution is 0.303. The van der Waals surface area contributed by atoms with E-state index in [0.717, 1.165) is 54.5 Å². The third kappa shape index (κ3) is 3.80. The Kier molecular flexibility index (Phi) is 4.30. The van der Waals surface area contributed by atoms with Crippen molar-refractivity contribution in [3.05, 3.63) is 23.9 Å². The van der Waals surface area contributed by atoms with Gasteiger partial charge >= 0.3 is 0 Å². The Labute approximate surface area is 143 Å². The third-order valence-corrected chi connectivity index (χ3v) is 5.28. The number of rotatable bonds is 8. The van der Waals surface area contributed by atoms with Crippen LogP contribution in [0, 0.1) is 11.8 Å². The van der Waals surface area contributed by atoms with Crippen molar-refractivity contribution in [2.24, 2.45) is 11.8 Å². The Morgan fingerprint density at radius 1 is 1.12 bits per heavy atom. The zero-order valence-corrected chi connectivity index (χ0v) is 14.4. The SMILES string of the molecule is CC1C[C@H]1CCCCCc1nc2ccc(OC3CC3)cc2nc1O. The number of benzene rings is 1. The Morgan fingerprint density at radius 3 is 2.71 bits per heavy atom. The van der Waals surface area contributed by atoms with Gasteiger partial charge in [-0.2, -0.15) is 0 Å². The van der Waals surface area contributed by atoms with Crippen LogP contribution in [0.2, 0.25) is 0 Å². The van der Waals surface area contributed by atoms with Gasteiger partial charge in [0.2, 0.25) is 5.88 Å². The van der Waals surface area contributed by atoms with Crippen molar-refractivity contribution in [1.82, 2.24) is 9.97 Å². The van der Waals surface area contributed by atoms with E-state index in [1.807, 2.05) is 18.2 Å². The fraction of sp³-hybridized carbons (Fsp3) is 0.600. The van der Waals surface area contributed by atoms with Crippen molar-refractivity contribution in [3.63, 3.8) is 0 Å². The summed E-state index contributed by atoms with van der Waals surface area (Å²) in [5.41, 5.74) is 2.26. The minimum atomic E-state index is 0.0712. The first kappa shape index (κ1) is 15.7. The van der Waals surface area contributed by atoms with E-state index >= 15 is 0 Å². The van der Waals surface area contributed by atoms with Crippen LogP contribution < -0.4 is 4.74 Å². The molecule has 0 radical (unpaired) electrons. The highest BCUT2D eigenvalue weighted by Gasteiger charge is 2.31. The number of aromatic hydroxyl groups is 1. The van der Waals surface area contributed by atoms with Crippen LogP contribution in [-0.2, 0) is 6.42 Å². The van der Waals surface area contributed by atoms with E-state index in [-0.39, 0.29) is 5.88 Å². The third-order valence-electron chi connectivity index (χ3n) is 5.28. The molecule has 4 rings (SSSR count). The van der Waals surface area contributed by atoms with Gasteiger partial charge in [-0.1, -0.05) is 26.2 Å². The maximum absolute atomic E-state index is 10.2. The molecule has 0 saturated heterocycles. The first-order valence-corrected chi connectivity index (χ1v) is 9.35. The van der Waals surface area contributed by atoms with Crippen molar-refractivity contribution in [1.29, 1.82) is 0 Å². The Bertz CT molecular complexity index is 727. The summed E-state index contributed by atoms with van der Waals surface area (Å²) in [7, 11) is 0. The van der Waals surface area contributed by atoms with Crippen LogP contribution in [0.1, 0.15) is 57.6 Å². The van der Waals surface area contributed by atoms with Crippen LogP contribution in [0.3, 0.4) is 0 Å². The van der Waals surface area contributed by atoms with Gasteiger partial charge in [0, 0.05) is 6.07 Å². The Hall–Kier alpha value is -1.84. The first-order chi connectivity index (χ1) is 11.7. The van der Waals surface area contributed by atoms with Crippen LogP contribution in [0.25, 0.3) is 11.0 Å². The molecular weight excluding hydrogens is 300 g/mol. The second kappa shape index (κ2) is 6.58. The monoisotopic (exact) mass is 326 g/mol. The van der Waals surface area contributed by atoms with Crippen molar-refractivity contribution in [3.8, 4) is 11.6 Å². The minimum Gasteiger partial charge on any atom is -0.492 e. The predicted molar refractivity (Wildman–Crippen MR) is 94.3 cm³/mol. The molecule has 2 aliphatic rings. The molecule has 0 spiro atoms. The van der Waals surface area contributed by atoms with Gasteiger partial charge in [-0.05, 0) is 56.1 Å². The lowest BCUT2D eigenvalue weighted by Gasteiger charge is -2.08. The highest BCUT2D eigenvalue weighted by atomic mass is 16.5. The van der Waals surface area contributed by atoms with Gasteiger partial charge in [-0.15, -0.1) is 0 Å². The second-order valence-corrected chi connectivity index (χ2v) is 7.53. The van der Waals surface area contributed by atoms with E-state index in [0.29, 0.717) is 11.6 Å². The summed E-state index contributed by atoms with van der Waals surface area (Å²) in [6.07, 6.45) is 9.77. The highest BCUT2D eigenvalue weighted by molar-refractivity contribution is 5.76. The quantitative estimate of drug-likeness (QED) is 0.718. The van der Waals surface area contributed by atoms with Crippen LogP contribution >= 0.6 is 0 Å². The van der Waals surface area contributed by atoms with E-state index in [1.165, 1.54) is 25.7 Å². The standard InChI is InChI=1S/C20H26N2O2/c1-13-11-14(13)5-3-2-4-6-18-20(23)22-19-12-16(24-15-7-8-15)9-10-17(19)21-18/h9-10,12-15H,2-8,11H2,1H3,(H,22,23)/t13?,14-/m1/s1. The van der Waals surface area contributed by atoms with Gasteiger partial charge in [0.25, 0.3) is 0 Å². The van der Waals surface area contributed by atoms with E-state index < -0.39 is 0 Å². The van der Waals surface area contributed by atoms with Gasteiger partial charge in [0.05, 0.1) is 17.1 Å². The molecule has 2 fully saturated rings. The van der Waals surface area contributed by atoms with Crippen molar-refractivity contribution in [2.45, 2.75) is 64.4 Å². The first-order valence-electron chi connectivity index (χ1n) is 9.35. The summed E-state index contributed by atoms with van der Waals surface area (Å²) in [5, 5.41) is 10.2. The van der Waals surface area contributed by atoms with Crippen molar-refractivity contribution in [2.75, 3.05) is 0 Å². The zero-order chi connectivity index (χ0) is 16.5. The van der Waals surface area contributed by atoms with E-state index in [9.17, 15) is 5.11 Å². The molecule has 0 aliphatic heterocycles. The Balaban J connectivity index is 1.34. The average Bonchev–Trinajstić information content (AvgIpc) is 3.47. The second-order valence-electron chi connectivity index (χ2n) is 7.53. The lowest BCUT2D eigenvalue weighted by atomic mass is 10.1. The number of aromatic nitrogens is 2. The van der Waals surface area contributed by atoms with Gasteiger partial charge < -0.3 is 9.84 Å². The van der Waals surface area contributed by atoms with Crippen LogP contribution in [-0.4, -0.2) is 21.2 Å². The molecule has 4 nitrogen and oxygen atoms in total. The maximum Gasteiger partial charge on any atom is 0.233 e. The molecule has 1 aromatic carbocycles. The van der Waals surface area contributed by atoms with E-state index in [2.05, 4.69) is 16.9 Å². The summed E-state index contributed by atoms with van der Waals surface area (Å²) in [4.78, 5) is 8.92. The molecule has 2 aliphatic carbocycles. The zero-order valence-electron chi connectivity index (χ0n) is 14.4. The Morgan fingerprint density at radius 2 is 1.96 bits per heavy atom. The van der Waals surface area contributed by atoms with Crippen molar-refractivity contribution >= 4 is 11.0 Å². The fourth-order valence-corrected chi connectivity index (χ4v) is 3.36. The number of ether oxygens (including phenoxy) is 1. The summed E-state index contributed by atoms with van der Waals surface area (Å²) < 4.78 is 5.78. The van der Waals surface area contributed by atoms with Gasteiger partial charge in [0.1, 0.15) is 11.4 Å². The highest BCUT2D eigenvalue weighted by Crippen LogP contribution is 2.41. The lowest BCUT2D eigenvalue weighted by Crippen LogP contribution is -1.98. The molecule has 4 heteroatoms. The average molecular weight is 326 g/mol. The molecule has 128 valence electrons. The van der Waals surface area contributed by atoms with Crippen LogP contribution in [0.4, 0.5) is 0 Å². The molecular formula is C20H26N2O2. The number of aryl methyl sites for hydroxylation is 1. The summed E-state index contributed by atoms with van der Waals surface area (Å²) in [6.45, 7) is 2.34. The number of unbranched alkanes of at least 4 members (excludes halogenated alkanes) is 2. The fourth-order valence-electron chi connectivity index (χ4n) is 3.36. The van der Waals surface area contributed by atoms with Crippen molar-refractivity contribution < 1.29 is 9.84 Å². The number of fused-ring (bicyclic) bond motifs is 1. The van der Waals surface area contributed by atoms with E-state index in [1.54, 1.807) is 0 Å². The van der Waals surface area contributed by atoms with E-state index in [4.69, 9.17) is 4.74 Å². The van der Waals surface area contributed by atoms with Crippen LogP contribution in [0.5, 0.6) is 11.6 Å². The molecule has 1 N–H and O–H groups in total. The normalized spacial score (nSPS) is 22.7. The minimum absolute atomic E-state index is 0.0712. The maximum atomic E-state index is 10.2. The number of nitrogens with zero attached hydrogens (tertiary/aromatic N) is 2. The molecule has 1 aromatic heterocycles. The molecule has 0 amide bonds. The molecule has 1 heterocycles. The summed E-state index contributed by atoms with van der Waals surface area (Å²) in [5.74, 6) is 2.82. The van der Waals surface area contributed by atoms with Crippen LogP contribution in [0.15, 0.2) is 18.2 Å². The topological polar surface area (TPSA) is 55.2 Å². The van der Waals surface area contributed by atoms with Gasteiger partial charge in [-0.3, -0.25) is 0 Å². The summed E-state index contributed by atoms with van der Waals surface area (Å²) in [6, 6.07) is 5.77. The predicted octanol–water partition coefficient (Wildman–Crippen LogP) is 4.64. The largest absolute Gasteiger partial charge is 0.492 e. The van der Waals surface area contributed by atoms with Gasteiger partial charge in [0.15, 0.2) is 0 Å². The smallest absolute Gasteiger partial charge is 0.233 e. The molecule has 1 unspecified atom stereocenters. The summed E-state index contributed by atoms with van der Waals surface area (Å²) >= 11 is 0. The molecule has 2 atom stereocenters. The number of hydrogen-bond acceptors (Lipinski definition) is 4. The molecule has 2 aromatic rings.